The van der Waals surface area contributed by atoms with Crippen LogP contribution in [-0.4, -0.2) is 20.6 Å². The van der Waals surface area contributed by atoms with E-state index in [-0.39, 0.29) is 11.7 Å². The summed E-state index contributed by atoms with van der Waals surface area (Å²) in [6, 6.07) is 10.5. The smallest absolute Gasteiger partial charge is 0.251 e. The summed E-state index contributed by atoms with van der Waals surface area (Å²) in [5, 5.41) is 2.82. The van der Waals surface area contributed by atoms with E-state index in [1.807, 2.05) is 12.1 Å². The van der Waals surface area contributed by atoms with Crippen molar-refractivity contribution >= 4 is 43.0 Å². The zero-order valence-electron chi connectivity index (χ0n) is 11.3. The Labute approximate surface area is 136 Å². The Morgan fingerprint density at radius 1 is 1.29 bits per heavy atom. The molecule has 0 aliphatic carbocycles. The minimum absolute atomic E-state index is 0.0635. The number of carbonyl (C=O) groups excluding carboxylic acids is 1. The molecule has 0 spiro atoms. The van der Waals surface area contributed by atoms with E-state index in [1.165, 1.54) is 6.26 Å². The van der Waals surface area contributed by atoms with Crippen molar-refractivity contribution in [3.63, 3.8) is 0 Å². The minimum Gasteiger partial charge on any atom is -0.347 e. The number of benzene rings is 1. The number of carbonyl (C=O) groups is 1. The first-order chi connectivity index (χ1) is 9.83. The van der Waals surface area contributed by atoms with Gasteiger partial charge < -0.3 is 5.32 Å². The van der Waals surface area contributed by atoms with Gasteiger partial charge in [-0.05, 0) is 45.8 Å². The van der Waals surface area contributed by atoms with Gasteiger partial charge in [-0.15, -0.1) is 11.3 Å². The van der Waals surface area contributed by atoms with Crippen LogP contribution >= 0.6 is 27.3 Å². The van der Waals surface area contributed by atoms with Crippen LogP contribution < -0.4 is 5.32 Å². The summed E-state index contributed by atoms with van der Waals surface area (Å²) in [5.74, 6) is -0.277. The summed E-state index contributed by atoms with van der Waals surface area (Å²) in [4.78, 5) is 13.1. The molecule has 21 heavy (non-hydrogen) atoms. The Balaban J connectivity index is 2.03. The largest absolute Gasteiger partial charge is 0.347 e. The van der Waals surface area contributed by atoms with Crippen molar-refractivity contribution < 1.29 is 13.2 Å². The lowest BCUT2D eigenvalue weighted by molar-refractivity contribution is 0.0951. The van der Waals surface area contributed by atoms with Crippen molar-refractivity contribution in [3.05, 3.63) is 56.2 Å². The average molecular weight is 388 g/mol. The average Bonchev–Trinajstić information content (AvgIpc) is 2.80. The normalized spacial score (nSPS) is 11.3. The van der Waals surface area contributed by atoms with Crippen LogP contribution in [0.25, 0.3) is 0 Å². The van der Waals surface area contributed by atoms with Crippen LogP contribution in [0.2, 0.25) is 0 Å². The third-order valence-electron chi connectivity index (χ3n) is 2.67. The van der Waals surface area contributed by atoms with E-state index in [0.29, 0.717) is 17.7 Å². The maximum atomic E-state index is 12.1. The molecule has 2 aromatic rings. The standard InChI is InChI=1S/C14H14BrNO3S2/c1-21(18,19)9-10-3-2-4-11(7-10)14(17)16-8-12-5-6-13(15)20-12/h2-7H,8-9H2,1H3,(H,16,17). The van der Waals surface area contributed by atoms with E-state index >= 15 is 0 Å². The molecule has 0 radical (unpaired) electrons. The third kappa shape index (κ3) is 5.26. The molecule has 1 N–H and O–H groups in total. The molecule has 0 unspecified atom stereocenters. The van der Waals surface area contributed by atoms with E-state index < -0.39 is 9.84 Å². The van der Waals surface area contributed by atoms with Crippen molar-refractivity contribution in [1.29, 1.82) is 0 Å². The van der Waals surface area contributed by atoms with Gasteiger partial charge in [0.1, 0.15) is 0 Å². The van der Waals surface area contributed by atoms with Crippen molar-refractivity contribution in [2.24, 2.45) is 0 Å². The van der Waals surface area contributed by atoms with Crippen LogP contribution in [0.5, 0.6) is 0 Å². The maximum absolute atomic E-state index is 12.1. The topological polar surface area (TPSA) is 63.2 Å². The lowest BCUT2D eigenvalue weighted by Gasteiger charge is -2.06. The summed E-state index contributed by atoms with van der Waals surface area (Å²) < 4.78 is 23.6. The van der Waals surface area contributed by atoms with E-state index in [0.717, 1.165) is 8.66 Å². The quantitative estimate of drug-likeness (QED) is 0.857. The van der Waals surface area contributed by atoms with Gasteiger partial charge in [0.2, 0.25) is 0 Å². The van der Waals surface area contributed by atoms with Gasteiger partial charge in [0, 0.05) is 16.7 Å². The van der Waals surface area contributed by atoms with Crippen molar-refractivity contribution in [3.8, 4) is 0 Å². The van der Waals surface area contributed by atoms with E-state index in [2.05, 4.69) is 21.2 Å². The molecule has 1 amide bonds. The lowest BCUT2D eigenvalue weighted by atomic mass is 10.1. The molecule has 1 aromatic carbocycles. The van der Waals surface area contributed by atoms with Gasteiger partial charge in [-0.3, -0.25) is 4.79 Å². The van der Waals surface area contributed by atoms with Gasteiger partial charge in [0.05, 0.1) is 16.1 Å². The molecular formula is C14H14BrNO3S2. The fourth-order valence-electron chi connectivity index (χ4n) is 1.82. The van der Waals surface area contributed by atoms with Crippen molar-refractivity contribution in [2.45, 2.75) is 12.3 Å². The predicted molar refractivity (Wildman–Crippen MR) is 88.2 cm³/mol. The molecule has 2 rings (SSSR count). The first kappa shape index (κ1) is 16.2. The summed E-state index contributed by atoms with van der Waals surface area (Å²) in [6.07, 6.45) is 1.17. The first-order valence-corrected chi connectivity index (χ1v) is 9.79. The van der Waals surface area contributed by atoms with Crippen LogP contribution in [0.1, 0.15) is 20.8 Å². The molecule has 0 aliphatic rings. The molecule has 0 atom stereocenters. The number of nitrogens with one attached hydrogen (secondary N) is 1. The molecule has 7 heteroatoms. The monoisotopic (exact) mass is 387 g/mol. The SMILES string of the molecule is CS(=O)(=O)Cc1cccc(C(=O)NCc2ccc(Br)s2)c1. The molecule has 112 valence electrons. The Hall–Kier alpha value is -1.18. The summed E-state index contributed by atoms with van der Waals surface area (Å²) in [7, 11) is -3.11. The zero-order chi connectivity index (χ0) is 15.5. The highest BCUT2D eigenvalue weighted by Crippen LogP contribution is 2.21. The third-order valence-corrected chi connectivity index (χ3v) is 5.15. The van der Waals surface area contributed by atoms with Crippen LogP contribution in [0.15, 0.2) is 40.2 Å². The summed E-state index contributed by atoms with van der Waals surface area (Å²) in [6.45, 7) is 0.450. The van der Waals surface area contributed by atoms with Crippen LogP contribution in [0, 0.1) is 0 Å². The Bertz CT molecular complexity index is 753. The van der Waals surface area contributed by atoms with E-state index in [9.17, 15) is 13.2 Å². The van der Waals surface area contributed by atoms with Gasteiger partial charge in [0.25, 0.3) is 5.91 Å². The highest BCUT2D eigenvalue weighted by Gasteiger charge is 2.09. The molecule has 0 fully saturated rings. The van der Waals surface area contributed by atoms with E-state index in [4.69, 9.17) is 0 Å². The molecule has 0 aliphatic heterocycles. The highest BCUT2D eigenvalue weighted by atomic mass is 79.9. The minimum atomic E-state index is -3.11. The van der Waals surface area contributed by atoms with Gasteiger partial charge in [-0.1, -0.05) is 12.1 Å². The summed E-state index contributed by atoms with van der Waals surface area (Å²) >= 11 is 4.93. The van der Waals surface area contributed by atoms with Gasteiger partial charge in [-0.25, -0.2) is 8.42 Å². The molecule has 1 heterocycles. The molecular weight excluding hydrogens is 374 g/mol. The van der Waals surface area contributed by atoms with Gasteiger partial charge in [0.15, 0.2) is 9.84 Å². The first-order valence-electron chi connectivity index (χ1n) is 6.12. The number of thiophene rings is 1. The second kappa shape index (κ2) is 6.72. The van der Waals surface area contributed by atoms with Crippen molar-refractivity contribution in [2.75, 3.05) is 6.26 Å². The van der Waals surface area contributed by atoms with Gasteiger partial charge in [-0.2, -0.15) is 0 Å². The highest BCUT2D eigenvalue weighted by molar-refractivity contribution is 9.11. The molecule has 1 aromatic heterocycles. The Morgan fingerprint density at radius 3 is 2.67 bits per heavy atom. The fourth-order valence-corrected chi connectivity index (χ4v) is 4.03. The van der Waals surface area contributed by atoms with Crippen molar-refractivity contribution in [1.82, 2.24) is 5.32 Å². The lowest BCUT2D eigenvalue weighted by Crippen LogP contribution is -2.22. The second-order valence-electron chi connectivity index (χ2n) is 4.66. The Morgan fingerprint density at radius 2 is 2.05 bits per heavy atom. The number of hydrogen-bond donors (Lipinski definition) is 1. The number of amides is 1. The zero-order valence-corrected chi connectivity index (χ0v) is 14.5. The Kier molecular flexibility index (Phi) is 5.18. The maximum Gasteiger partial charge on any atom is 0.251 e. The molecule has 0 saturated carbocycles. The van der Waals surface area contributed by atoms with Gasteiger partial charge >= 0.3 is 0 Å². The van der Waals surface area contributed by atoms with Crippen LogP contribution in [0.4, 0.5) is 0 Å². The van der Waals surface area contributed by atoms with Crippen LogP contribution in [-0.2, 0) is 22.1 Å². The predicted octanol–water partition coefficient (Wildman–Crippen LogP) is 2.99. The van der Waals surface area contributed by atoms with Crippen LogP contribution in [0.3, 0.4) is 0 Å². The number of sulfone groups is 1. The van der Waals surface area contributed by atoms with E-state index in [1.54, 1.807) is 35.6 Å². The molecule has 0 saturated heterocycles. The fraction of sp³-hybridized carbons (Fsp3) is 0.214. The summed E-state index contributed by atoms with van der Waals surface area (Å²) in [5.41, 5.74) is 1.08. The molecule has 4 nitrogen and oxygen atoms in total. The number of rotatable bonds is 5. The number of hydrogen-bond acceptors (Lipinski definition) is 4. The second-order valence-corrected chi connectivity index (χ2v) is 9.35. The number of halogens is 1. The molecule has 0 bridgehead atoms.